The van der Waals surface area contributed by atoms with Crippen molar-refractivity contribution in [3.63, 3.8) is 0 Å². The zero-order valence-corrected chi connectivity index (χ0v) is 16.2. The van der Waals surface area contributed by atoms with Gasteiger partial charge >= 0.3 is 5.97 Å². The van der Waals surface area contributed by atoms with Gasteiger partial charge in [0.05, 0.1) is 10.2 Å². The molecule has 1 aromatic heterocycles. The molecule has 4 rings (SSSR count). The normalized spacial score (nSPS) is 16.4. The number of aryl methyl sites for hydroxylation is 1. The van der Waals surface area contributed by atoms with Crippen LogP contribution in [0, 0.1) is 0 Å². The molecule has 2 N–H and O–H groups in total. The summed E-state index contributed by atoms with van der Waals surface area (Å²) < 4.78 is 1.08. The summed E-state index contributed by atoms with van der Waals surface area (Å²) in [4.78, 5) is 20.0. The fraction of sp³-hybridized carbons (Fsp3) is 0.250. The Morgan fingerprint density at radius 1 is 1.22 bits per heavy atom. The third-order valence-corrected chi connectivity index (χ3v) is 6.53. The number of hydrogen-bond donors (Lipinski definition) is 2. The molecule has 27 heavy (non-hydrogen) atoms. The fourth-order valence-electron chi connectivity index (χ4n) is 2.91. The van der Waals surface area contributed by atoms with Crippen molar-refractivity contribution >= 4 is 50.0 Å². The van der Waals surface area contributed by atoms with Crippen molar-refractivity contribution in [2.75, 3.05) is 17.6 Å². The van der Waals surface area contributed by atoms with E-state index in [1.165, 1.54) is 17.3 Å². The maximum atomic E-state index is 11.1. The van der Waals surface area contributed by atoms with Gasteiger partial charge in [-0.15, -0.1) is 23.1 Å². The molecule has 1 aliphatic heterocycles. The largest absolute Gasteiger partial charge is 0.480 e. The predicted octanol–water partition coefficient (Wildman–Crippen LogP) is 4.29. The van der Waals surface area contributed by atoms with Crippen LogP contribution in [0.3, 0.4) is 0 Å². The van der Waals surface area contributed by atoms with Crippen molar-refractivity contribution in [2.45, 2.75) is 18.9 Å². The van der Waals surface area contributed by atoms with E-state index in [0.717, 1.165) is 45.3 Å². The zero-order chi connectivity index (χ0) is 18.6. The summed E-state index contributed by atoms with van der Waals surface area (Å²) in [6.07, 6.45) is 2.13. The number of thioether (sulfide) groups is 1. The van der Waals surface area contributed by atoms with Crippen LogP contribution in [0.25, 0.3) is 10.2 Å². The molecule has 1 unspecified atom stereocenters. The van der Waals surface area contributed by atoms with Gasteiger partial charge in [-0.1, -0.05) is 30.3 Å². The van der Waals surface area contributed by atoms with Crippen LogP contribution in [0.4, 0.5) is 5.69 Å². The van der Waals surface area contributed by atoms with Gasteiger partial charge < -0.3 is 10.4 Å². The molecule has 138 valence electrons. The van der Waals surface area contributed by atoms with Gasteiger partial charge in [0.25, 0.3) is 0 Å². The van der Waals surface area contributed by atoms with Gasteiger partial charge in [0.1, 0.15) is 10.1 Å². The molecular weight excluding hydrogens is 378 g/mol. The van der Waals surface area contributed by atoms with Gasteiger partial charge in [0.15, 0.2) is 6.04 Å². The van der Waals surface area contributed by atoms with Crippen LogP contribution in [0.5, 0.6) is 0 Å². The number of nitrogens with zero attached hydrogens (tertiary/aromatic N) is 2. The number of fused-ring (bicyclic) bond motifs is 1. The second kappa shape index (κ2) is 8.10. The number of nitrogens with one attached hydrogen (secondary N) is 1. The Morgan fingerprint density at radius 2 is 2.07 bits per heavy atom. The van der Waals surface area contributed by atoms with Crippen LogP contribution in [0.15, 0.2) is 53.5 Å². The van der Waals surface area contributed by atoms with Gasteiger partial charge in [-0.2, -0.15) is 0 Å². The van der Waals surface area contributed by atoms with Crippen LogP contribution in [0.2, 0.25) is 0 Å². The van der Waals surface area contributed by atoms with E-state index in [2.05, 4.69) is 45.6 Å². The van der Waals surface area contributed by atoms with E-state index in [0.29, 0.717) is 5.75 Å². The minimum atomic E-state index is -0.874. The zero-order valence-electron chi connectivity index (χ0n) is 14.6. The van der Waals surface area contributed by atoms with E-state index in [1.807, 2.05) is 18.2 Å². The van der Waals surface area contributed by atoms with Gasteiger partial charge in [0, 0.05) is 18.0 Å². The number of aliphatic imine (C=N–C) groups is 1. The van der Waals surface area contributed by atoms with Crippen molar-refractivity contribution < 1.29 is 9.90 Å². The predicted molar refractivity (Wildman–Crippen MR) is 113 cm³/mol. The second-order valence-corrected chi connectivity index (χ2v) is 8.36. The quantitative estimate of drug-likeness (QED) is 0.582. The molecule has 0 aliphatic carbocycles. The van der Waals surface area contributed by atoms with Gasteiger partial charge in [-0.25, -0.2) is 9.78 Å². The number of benzene rings is 2. The molecule has 5 nitrogen and oxygen atoms in total. The summed E-state index contributed by atoms with van der Waals surface area (Å²) in [5.74, 6) is -0.393. The molecule has 1 atom stereocenters. The lowest BCUT2D eigenvalue weighted by atomic mass is 10.1. The minimum Gasteiger partial charge on any atom is -0.480 e. The molecule has 7 heteroatoms. The smallest absolute Gasteiger partial charge is 0.329 e. The molecule has 0 spiro atoms. The Morgan fingerprint density at radius 3 is 2.85 bits per heavy atom. The highest BCUT2D eigenvalue weighted by Crippen LogP contribution is 2.31. The SMILES string of the molecule is O=C(O)C1CSC(c2nc3ccc(NCCCc4ccccc4)cc3s2)=N1. The van der Waals surface area contributed by atoms with Crippen molar-refractivity contribution in [1.82, 2.24) is 4.98 Å². The Bertz CT molecular complexity index is 985. The number of aromatic nitrogens is 1. The van der Waals surface area contributed by atoms with Gasteiger partial charge in [0.2, 0.25) is 0 Å². The number of rotatable bonds is 7. The first-order valence-corrected chi connectivity index (χ1v) is 10.6. The van der Waals surface area contributed by atoms with E-state index in [4.69, 9.17) is 5.11 Å². The van der Waals surface area contributed by atoms with E-state index < -0.39 is 12.0 Å². The van der Waals surface area contributed by atoms with Gasteiger partial charge in [-0.3, -0.25) is 4.99 Å². The van der Waals surface area contributed by atoms with Crippen LogP contribution in [0.1, 0.15) is 17.0 Å². The summed E-state index contributed by atoms with van der Waals surface area (Å²) in [6, 6.07) is 16.0. The molecular formula is C20H19N3O2S2. The van der Waals surface area contributed by atoms with E-state index in [1.54, 1.807) is 11.3 Å². The first-order valence-electron chi connectivity index (χ1n) is 8.81. The highest BCUT2D eigenvalue weighted by molar-refractivity contribution is 8.15. The fourth-order valence-corrected chi connectivity index (χ4v) is 5.02. The minimum absolute atomic E-state index is 0.481. The van der Waals surface area contributed by atoms with Crippen LogP contribution in [-0.4, -0.2) is 39.4 Å². The first kappa shape index (κ1) is 18.0. The molecule has 0 amide bonds. The molecule has 0 fully saturated rings. The summed E-state index contributed by atoms with van der Waals surface area (Å²) >= 11 is 3.03. The van der Waals surface area contributed by atoms with E-state index in [9.17, 15) is 4.79 Å². The maximum Gasteiger partial charge on any atom is 0.329 e. The highest BCUT2D eigenvalue weighted by Gasteiger charge is 2.26. The standard InChI is InChI=1S/C20H19N3O2S2/c24-20(25)16-12-26-18(23-16)19-22-15-9-8-14(11-17(15)27-19)21-10-4-7-13-5-2-1-3-6-13/h1-3,5-6,8-9,11,16,21H,4,7,10,12H2,(H,24,25). The van der Waals surface area contributed by atoms with Crippen LogP contribution in [-0.2, 0) is 11.2 Å². The highest BCUT2D eigenvalue weighted by atomic mass is 32.2. The van der Waals surface area contributed by atoms with E-state index in [-0.39, 0.29) is 0 Å². The Kier molecular flexibility index (Phi) is 5.40. The lowest BCUT2D eigenvalue weighted by Crippen LogP contribution is -2.17. The van der Waals surface area contributed by atoms with E-state index >= 15 is 0 Å². The number of carboxylic acid groups (broad SMARTS) is 1. The average Bonchev–Trinajstić information content (AvgIpc) is 3.32. The lowest BCUT2D eigenvalue weighted by molar-refractivity contribution is -0.137. The van der Waals surface area contributed by atoms with Gasteiger partial charge in [-0.05, 0) is 36.6 Å². The molecule has 3 aromatic rings. The topological polar surface area (TPSA) is 74.6 Å². The summed E-state index contributed by atoms with van der Waals surface area (Å²) in [6.45, 7) is 0.912. The Balaban J connectivity index is 1.39. The summed E-state index contributed by atoms with van der Waals surface area (Å²) in [5, 5.41) is 14.1. The monoisotopic (exact) mass is 397 g/mol. The number of anilines is 1. The second-order valence-electron chi connectivity index (χ2n) is 6.32. The molecule has 0 radical (unpaired) electrons. The molecule has 2 heterocycles. The molecule has 0 bridgehead atoms. The van der Waals surface area contributed by atoms with Crippen LogP contribution >= 0.6 is 23.1 Å². The van der Waals surface area contributed by atoms with Crippen LogP contribution < -0.4 is 5.32 Å². The number of carbonyl (C=O) groups is 1. The number of thiazole rings is 1. The maximum absolute atomic E-state index is 11.1. The molecule has 0 saturated heterocycles. The average molecular weight is 398 g/mol. The van der Waals surface area contributed by atoms with Crippen molar-refractivity contribution in [3.8, 4) is 0 Å². The van der Waals surface area contributed by atoms with Crippen molar-refractivity contribution in [3.05, 3.63) is 59.1 Å². The number of hydrogen-bond acceptors (Lipinski definition) is 6. The summed E-state index contributed by atoms with van der Waals surface area (Å²) in [7, 11) is 0. The molecule has 1 aliphatic rings. The third-order valence-electron chi connectivity index (χ3n) is 4.32. The first-order chi connectivity index (χ1) is 13.2. The summed E-state index contributed by atoms with van der Waals surface area (Å²) in [5.41, 5.74) is 3.36. The van der Waals surface area contributed by atoms with Crippen molar-refractivity contribution in [2.24, 2.45) is 4.99 Å². The third kappa shape index (κ3) is 4.31. The Labute approximate surface area is 165 Å². The number of carboxylic acids is 1. The Hall–Kier alpha value is -2.38. The van der Waals surface area contributed by atoms with Crippen molar-refractivity contribution in [1.29, 1.82) is 0 Å². The number of aliphatic carboxylic acids is 1. The molecule has 0 saturated carbocycles. The lowest BCUT2D eigenvalue weighted by Gasteiger charge is -2.06. The molecule has 2 aromatic carbocycles.